The Bertz CT molecular complexity index is 560. The van der Waals surface area contributed by atoms with E-state index in [-0.39, 0.29) is 0 Å². The van der Waals surface area contributed by atoms with Gasteiger partial charge in [0, 0.05) is 5.69 Å². The zero-order valence-electron chi connectivity index (χ0n) is 11.8. The number of halogens is 6. The molecule has 1 fully saturated rings. The van der Waals surface area contributed by atoms with Crippen LogP contribution in [0.4, 0.5) is 36.8 Å². The average Bonchev–Trinajstić information content (AvgIpc) is 2.91. The maximum Gasteiger partial charge on any atom is 0.453 e. The molecule has 0 radical (unpaired) electrons. The Morgan fingerprint density at radius 2 is 1.75 bits per heavy atom. The van der Waals surface area contributed by atoms with E-state index in [9.17, 15) is 31.1 Å². The van der Waals surface area contributed by atoms with Gasteiger partial charge in [-0.05, 0) is 12.1 Å². The molecule has 0 bridgehead atoms. The van der Waals surface area contributed by atoms with Crippen LogP contribution < -0.4 is 5.32 Å². The molecule has 1 aliphatic heterocycles. The molecule has 1 N–H and O–H groups in total. The normalized spacial score (nSPS) is 20.7. The number of benzene rings is 1. The second kappa shape index (κ2) is 6.48. The first-order valence-electron chi connectivity index (χ1n) is 6.49. The lowest BCUT2D eigenvalue weighted by Crippen LogP contribution is -2.58. The first kappa shape index (κ1) is 18.3. The highest BCUT2D eigenvalue weighted by molar-refractivity contribution is 5.84. The van der Waals surface area contributed by atoms with Crippen LogP contribution in [0, 0.1) is 0 Å². The van der Waals surface area contributed by atoms with E-state index in [1.807, 2.05) is 0 Å². The van der Waals surface area contributed by atoms with Crippen molar-refractivity contribution in [1.29, 1.82) is 0 Å². The molecule has 1 amide bonds. The van der Waals surface area contributed by atoms with Gasteiger partial charge >= 0.3 is 24.2 Å². The number of hydrogen-bond acceptors (Lipinski definition) is 4. The molecule has 5 nitrogen and oxygen atoms in total. The van der Waals surface area contributed by atoms with E-state index in [2.05, 4.69) is 19.5 Å². The van der Waals surface area contributed by atoms with E-state index in [4.69, 9.17) is 0 Å². The first-order chi connectivity index (χ1) is 11.1. The van der Waals surface area contributed by atoms with E-state index < -0.39 is 43.6 Å². The predicted octanol–water partition coefficient (Wildman–Crippen LogP) is 3.47. The fourth-order valence-electron chi connectivity index (χ4n) is 1.90. The van der Waals surface area contributed by atoms with Crippen molar-refractivity contribution >= 4 is 11.8 Å². The third-order valence-electron chi connectivity index (χ3n) is 2.97. The van der Waals surface area contributed by atoms with Crippen molar-refractivity contribution in [1.82, 2.24) is 0 Å². The van der Waals surface area contributed by atoms with Crippen molar-refractivity contribution < 1.29 is 45.3 Å². The molecule has 1 heterocycles. The molecule has 1 atom stereocenters. The number of hydrogen-bond donors (Lipinski definition) is 1. The standard InChI is InChI=1S/C13H11F6NO4/c14-12(15,16)11(13(17,18)19)23-7-9(24-11)6-22-10(21)20-8-4-2-1-3-5-8/h1-5,9H,6-7H2,(H,20,21). The average molecular weight is 359 g/mol. The SMILES string of the molecule is O=C(Nc1ccccc1)OCC1COC(C(F)(F)F)(C(F)(F)F)O1. The van der Waals surface area contributed by atoms with Gasteiger partial charge in [-0.3, -0.25) is 5.32 Å². The zero-order chi connectivity index (χ0) is 18.0. The van der Waals surface area contributed by atoms with Crippen molar-refractivity contribution in [2.75, 3.05) is 18.5 Å². The van der Waals surface area contributed by atoms with Gasteiger partial charge in [0.05, 0.1) is 6.61 Å². The molecule has 1 saturated heterocycles. The van der Waals surface area contributed by atoms with Gasteiger partial charge in [-0.1, -0.05) is 18.2 Å². The number of para-hydroxylation sites is 1. The Hall–Kier alpha value is -2.01. The summed E-state index contributed by atoms with van der Waals surface area (Å²) in [5.41, 5.74) is 0.339. The maximum atomic E-state index is 12.7. The maximum absolute atomic E-state index is 12.7. The topological polar surface area (TPSA) is 56.8 Å². The summed E-state index contributed by atoms with van der Waals surface area (Å²) in [6.07, 6.45) is -14.4. The zero-order valence-corrected chi connectivity index (χ0v) is 11.8. The Morgan fingerprint density at radius 3 is 2.25 bits per heavy atom. The van der Waals surface area contributed by atoms with Crippen molar-refractivity contribution in [2.24, 2.45) is 0 Å². The summed E-state index contributed by atoms with van der Waals surface area (Å²) >= 11 is 0. The lowest BCUT2D eigenvalue weighted by atomic mass is 10.2. The molecule has 0 spiro atoms. The van der Waals surface area contributed by atoms with Gasteiger partial charge in [-0.15, -0.1) is 0 Å². The summed E-state index contributed by atoms with van der Waals surface area (Å²) in [5.74, 6) is -4.72. The van der Waals surface area contributed by atoms with Crippen LogP contribution in [-0.2, 0) is 14.2 Å². The number of alkyl halides is 6. The van der Waals surface area contributed by atoms with Crippen LogP contribution in [0.25, 0.3) is 0 Å². The summed E-state index contributed by atoms with van der Waals surface area (Å²) < 4.78 is 88.5. The highest BCUT2D eigenvalue weighted by atomic mass is 19.4. The summed E-state index contributed by atoms with van der Waals surface area (Å²) in [5, 5.41) is 2.25. The summed E-state index contributed by atoms with van der Waals surface area (Å²) in [6.45, 7) is -1.87. The lowest BCUT2D eigenvalue weighted by molar-refractivity contribution is -0.443. The van der Waals surface area contributed by atoms with E-state index in [1.165, 1.54) is 12.1 Å². The third-order valence-corrected chi connectivity index (χ3v) is 2.97. The highest BCUT2D eigenvalue weighted by Gasteiger charge is 2.77. The fourth-order valence-corrected chi connectivity index (χ4v) is 1.90. The molecule has 1 aromatic carbocycles. The molecule has 24 heavy (non-hydrogen) atoms. The second-order valence-electron chi connectivity index (χ2n) is 4.75. The van der Waals surface area contributed by atoms with Crippen LogP contribution in [0.2, 0.25) is 0 Å². The monoisotopic (exact) mass is 359 g/mol. The van der Waals surface area contributed by atoms with Gasteiger partial charge in [-0.25, -0.2) is 4.79 Å². The summed E-state index contributed by atoms with van der Waals surface area (Å²) in [4.78, 5) is 11.5. The predicted molar refractivity (Wildman–Crippen MR) is 67.1 cm³/mol. The number of rotatable bonds is 3. The molecule has 1 unspecified atom stereocenters. The number of carbonyl (C=O) groups is 1. The van der Waals surface area contributed by atoms with E-state index in [0.29, 0.717) is 5.69 Å². The Balaban J connectivity index is 1.92. The molecular weight excluding hydrogens is 348 g/mol. The highest BCUT2D eigenvalue weighted by Crippen LogP contribution is 2.49. The number of amides is 1. The van der Waals surface area contributed by atoms with Gasteiger partial charge in [0.2, 0.25) is 0 Å². The van der Waals surface area contributed by atoms with E-state index >= 15 is 0 Å². The van der Waals surface area contributed by atoms with E-state index in [1.54, 1.807) is 18.2 Å². The Kier molecular flexibility index (Phi) is 4.95. The minimum atomic E-state index is -5.83. The number of anilines is 1. The molecule has 134 valence electrons. The van der Waals surface area contributed by atoms with Crippen LogP contribution in [-0.4, -0.2) is 43.6 Å². The van der Waals surface area contributed by atoms with Crippen LogP contribution in [0.15, 0.2) is 30.3 Å². The Morgan fingerprint density at radius 1 is 1.17 bits per heavy atom. The Labute approximate surface area is 131 Å². The smallest absolute Gasteiger partial charge is 0.446 e. The fraction of sp³-hybridized carbons (Fsp3) is 0.462. The molecule has 0 aromatic heterocycles. The number of carbonyl (C=O) groups excluding carboxylic acids is 1. The minimum absolute atomic E-state index is 0.339. The number of ether oxygens (including phenoxy) is 3. The van der Waals surface area contributed by atoms with Crippen LogP contribution in [0.5, 0.6) is 0 Å². The van der Waals surface area contributed by atoms with Crippen LogP contribution >= 0.6 is 0 Å². The van der Waals surface area contributed by atoms with Crippen LogP contribution in [0.3, 0.4) is 0 Å². The largest absolute Gasteiger partial charge is 0.453 e. The van der Waals surface area contributed by atoms with Crippen molar-refractivity contribution in [3.8, 4) is 0 Å². The van der Waals surface area contributed by atoms with Crippen LogP contribution in [0.1, 0.15) is 0 Å². The van der Waals surface area contributed by atoms with Gasteiger partial charge in [-0.2, -0.15) is 26.3 Å². The minimum Gasteiger partial charge on any atom is -0.446 e. The van der Waals surface area contributed by atoms with Crippen molar-refractivity contribution in [2.45, 2.75) is 24.2 Å². The number of nitrogens with one attached hydrogen (secondary N) is 1. The van der Waals surface area contributed by atoms with Gasteiger partial charge < -0.3 is 14.2 Å². The van der Waals surface area contributed by atoms with Crippen molar-refractivity contribution in [3.05, 3.63) is 30.3 Å². The molecule has 0 aliphatic carbocycles. The third kappa shape index (κ3) is 3.73. The lowest BCUT2D eigenvalue weighted by Gasteiger charge is -2.31. The van der Waals surface area contributed by atoms with Crippen molar-refractivity contribution in [3.63, 3.8) is 0 Å². The summed E-state index contributed by atoms with van der Waals surface area (Å²) in [6, 6.07) is 7.90. The molecular formula is C13H11F6NO4. The van der Waals surface area contributed by atoms with E-state index in [0.717, 1.165) is 0 Å². The second-order valence-corrected chi connectivity index (χ2v) is 4.75. The summed E-state index contributed by atoms with van der Waals surface area (Å²) in [7, 11) is 0. The molecule has 1 aliphatic rings. The van der Waals surface area contributed by atoms with Gasteiger partial charge in [0.1, 0.15) is 12.7 Å². The molecule has 11 heteroatoms. The molecule has 2 rings (SSSR count). The van der Waals surface area contributed by atoms with Gasteiger partial charge in [0.15, 0.2) is 0 Å². The molecule has 0 saturated carbocycles. The first-order valence-corrected chi connectivity index (χ1v) is 6.49. The van der Waals surface area contributed by atoms with Gasteiger partial charge in [0.25, 0.3) is 0 Å². The quantitative estimate of drug-likeness (QED) is 0.840. The molecule has 1 aromatic rings.